The summed E-state index contributed by atoms with van der Waals surface area (Å²) in [5.41, 5.74) is 2.60. The molecule has 2 aromatic carbocycles. The summed E-state index contributed by atoms with van der Waals surface area (Å²) in [6.45, 7) is 0.932. The zero-order chi connectivity index (χ0) is 13.7. The molecule has 0 aliphatic rings. The van der Waals surface area contributed by atoms with Gasteiger partial charge in [0.1, 0.15) is 0 Å². The lowest BCUT2D eigenvalue weighted by molar-refractivity contribution is 0.625. The minimum absolute atomic E-state index is 0.419. The van der Waals surface area contributed by atoms with E-state index in [-0.39, 0.29) is 0 Å². The molecular formula is C16H17BrClN. The summed E-state index contributed by atoms with van der Waals surface area (Å²) in [6, 6.07) is 16.5. The molecule has 0 aliphatic carbocycles. The number of halogens is 2. The van der Waals surface area contributed by atoms with Crippen LogP contribution in [0.15, 0.2) is 53.0 Å². The molecule has 2 aromatic rings. The first-order valence-corrected chi connectivity index (χ1v) is 7.51. The first-order chi connectivity index (χ1) is 9.20. The SMILES string of the molecule is CNCC(Cc1ccccc1Br)c1cccc(Cl)c1. The lowest BCUT2D eigenvalue weighted by Gasteiger charge is -2.18. The summed E-state index contributed by atoms with van der Waals surface area (Å²) < 4.78 is 1.16. The van der Waals surface area contributed by atoms with E-state index >= 15 is 0 Å². The Bertz CT molecular complexity index is 542. The third kappa shape index (κ3) is 4.07. The summed E-state index contributed by atoms with van der Waals surface area (Å²) in [4.78, 5) is 0. The average molecular weight is 339 g/mol. The fourth-order valence-electron chi connectivity index (χ4n) is 2.24. The summed E-state index contributed by atoms with van der Waals surface area (Å²) in [5, 5.41) is 4.06. The fraction of sp³-hybridized carbons (Fsp3) is 0.250. The molecule has 1 nitrogen and oxygen atoms in total. The molecule has 0 fully saturated rings. The number of hydrogen-bond acceptors (Lipinski definition) is 1. The van der Waals surface area contributed by atoms with Gasteiger partial charge >= 0.3 is 0 Å². The van der Waals surface area contributed by atoms with E-state index in [0.29, 0.717) is 5.92 Å². The number of hydrogen-bond donors (Lipinski definition) is 1. The van der Waals surface area contributed by atoms with Crippen molar-refractivity contribution in [3.05, 3.63) is 69.2 Å². The van der Waals surface area contributed by atoms with Crippen LogP contribution in [0.5, 0.6) is 0 Å². The van der Waals surface area contributed by atoms with Crippen LogP contribution in [0.3, 0.4) is 0 Å². The molecule has 0 aromatic heterocycles. The summed E-state index contributed by atoms with van der Waals surface area (Å²) in [6.07, 6.45) is 0.989. The van der Waals surface area contributed by atoms with Crippen LogP contribution in [0.2, 0.25) is 5.02 Å². The molecule has 1 unspecified atom stereocenters. The topological polar surface area (TPSA) is 12.0 Å². The second kappa shape index (κ2) is 7.09. The normalized spacial score (nSPS) is 12.4. The summed E-state index contributed by atoms with van der Waals surface area (Å²) in [7, 11) is 1.98. The highest BCUT2D eigenvalue weighted by Gasteiger charge is 2.13. The zero-order valence-corrected chi connectivity index (χ0v) is 13.2. The monoisotopic (exact) mass is 337 g/mol. The molecule has 0 saturated carbocycles. The van der Waals surface area contributed by atoms with Crippen molar-refractivity contribution in [2.75, 3.05) is 13.6 Å². The lowest BCUT2D eigenvalue weighted by atomic mass is 9.92. The molecule has 0 saturated heterocycles. The van der Waals surface area contributed by atoms with Crippen molar-refractivity contribution in [2.45, 2.75) is 12.3 Å². The molecule has 0 spiro atoms. The summed E-state index contributed by atoms with van der Waals surface area (Å²) in [5.74, 6) is 0.419. The Kier molecular flexibility index (Phi) is 5.44. The maximum atomic E-state index is 6.09. The van der Waals surface area contributed by atoms with Crippen molar-refractivity contribution in [2.24, 2.45) is 0 Å². The van der Waals surface area contributed by atoms with Crippen LogP contribution in [-0.2, 0) is 6.42 Å². The highest BCUT2D eigenvalue weighted by molar-refractivity contribution is 9.10. The summed E-state index contributed by atoms with van der Waals surface area (Å²) >= 11 is 9.71. The molecule has 0 bridgehead atoms. The first kappa shape index (κ1) is 14.6. The van der Waals surface area contributed by atoms with Crippen LogP contribution in [0.25, 0.3) is 0 Å². The van der Waals surface area contributed by atoms with Gasteiger partial charge in [-0.15, -0.1) is 0 Å². The molecule has 0 amide bonds. The third-order valence-corrected chi connectivity index (χ3v) is 4.20. The van der Waals surface area contributed by atoms with Gasteiger partial charge in [0, 0.05) is 22.0 Å². The zero-order valence-electron chi connectivity index (χ0n) is 10.9. The van der Waals surface area contributed by atoms with Crippen molar-refractivity contribution in [1.29, 1.82) is 0 Å². The average Bonchev–Trinajstić information content (AvgIpc) is 2.40. The van der Waals surface area contributed by atoms with Gasteiger partial charge < -0.3 is 5.32 Å². The van der Waals surface area contributed by atoms with Crippen LogP contribution in [0.4, 0.5) is 0 Å². The quantitative estimate of drug-likeness (QED) is 0.837. The molecular weight excluding hydrogens is 322 g/mol. The Balaban J connectivity index is 2.24. The van der Waals surface area contributed by atoms with Gasteiger partial charge in [-0.3, -0.25) is 0 Å². The molecule has 0 aliphatic heterocycles. The van der Waals surface area contributed by atoms with Crippen LogP contribution in [-0.4, -0.2) is 13.6 Å². The van der Waals surface area contributed by atoms with E-state index in [4.69, 9.17) is 11.6 Å². The van der Waals surface area contributed by atoms with E-state index in [1.807, 2.05) is 25.2 Å². The van der Waals surface area contributed by atoms with Crippen molar-refractivity contribution < 1.29 is 0 Å². The van der Waals surface area contributed by atoms with Gasteiger partial charge in [0.15, 0.2) is 0 Å². The molecule has 3 heteroatoms. The first-order valence-electron chi connectivity index (χ1n) is 6.34. The Morgan fingerprint density at radius 1 is 1.16 bits per heavy atom. The highest BCUT2D eigenvalue weighted by Crippen LogP contribution is 2.26. The van der Waals surface area contributed by atoms with Crippen molar-refractivity contribution in [3.8, 4) is 0 Å². The Labute approximate surface area is 128 Å². The van der Waals surface area contributed by atoms with Crippen LogP contribution >= 0.6 is 27.5 Å². The highest BCUT2D eigenvalue weighted by atomic mass is 79.9. The van der Waals surface area contributed by atoms with E-state index in [1.165, 1.54) is 11.1 Å². The van der Waals surface area contributed by atoms with E-state index in [2.05, 4.69) is 51.6 Å². The maximum absolute atomic E-state index is 6.09. The van der Waals surface area contributed by atoms with Crippen molar-refractivity contribution in [1.82, 2.24) is 5.32 Å². The predicted molar refractivity (Wildman–Crippen MR) is 86.0 cm³/mol. The molecule has 1 N–H and O–H groups in total. The fourth-order valence-corrected chi connectivity index (χ4v) is 2.89. The van der Waals surface area contributed by atoms with Crippen molar-refractivity contribution in [3.63, 3.8) is 0 Å². The van der Waals surface area contributed by atoms with E-state index in [9.17, 15) is 0 Å². The van der Waals surface area contributed by atoms with Gasteiger partial charge in [-0.1, -0.05) is 57.9 Å². The molecule has 2 rings (SSSR count). The lowest BCUT2D eigenvalue weighted by Crippen LogP contribution is -2.19. The Morgan fingerprint density at radius 3 is 2.63 bits per heavy atom. The van der Waals surface area contributed by atoms with Gasteiger partial charge in [0.2, 0.25) is 0 Å². The second-order valence-electron chi connectivity index (χ2n) is 4.61. The smallest absolute Gasteiger partial charge is 0.0408 e. The second-order valence-corrected chi connectivity index (χ2v) is 5.90. The van der Waals surface area contributed by atoms with E-state index in [0.717, 1.165) is 22.5 Å². The van der Waals surface area contributed by atoms with E-state index in [1.54, 1.807) is 0 Å². The van der Waals surface area contributed by atoms with E-state index < -0.39 is 0 Å². The van der Waals surface area contributed by atoms with Crippen LogP contribution in [0, 0.1) is 0 Å². The van der Waals surface area contributed by atoms with Gasteiger partial charge in [0.25, 0.3) is 0 Å². The maximum Gasteiger partial charge on any atom is 0.0408 e. The standard InChI is InChI=1S/C16H17BrClN/c1-19-11-14(12-6-4-7-15(18)10-12)9-13-5-2-3-8-16(13)17/h2-8,10,14,19H,9,11H2,1H3. The number of nitrogens with one attached hydrogen (secondary N) is 1. The Hall–Kier alpha value is -0.830. The van der Waals surface area contributed by atoms with Gasteiger partial charge in [0.05, 0.1) is 0 Å². The molecule has 0 radical (unpaired) electrons. The van der Waals surface area contributed by atoms with Gasteiger partial charge in [-0.25, -0.2) is 0 Å². The third-order valence-electron chi connectivity index (χ3n) is 3.19. The molecule has 19 heavy (non-hydrogen) atoms. The van der Waals surface area contributed by atoms with Gasteiger partial charge in [-0.2, -0.15) is 0 Å². The Morgan fingerprint density at radius 2 is 1.95 bits per heavy atom. The number of rotatable bonds is 5. The minimum atomic E-state index is 0.419. The minimum Gasteiger partial charge on any atom is -0.319 e. The largest absolute Gasteiger partial charge is 0.319 e. The number of benzene rings is 2. The van der Waals surface area contributed by atoms with Crippen molar-refractivity contribution >= 4 is 27.5 Å². The molecule has 1 atom stereocenters. The molecule has 0 heterocycles. The van der Waals surface area contributed by atoms with Crippen LogP contribution in [0.1, 0.15) is 17.0 Å². The van der Waals surface area contributed by atoms with Crippen LogP contribution < -0.4 is 5.32 Å². The van der Waals surface area contributed by atoms with Gasteiger partial charge in [-0.05, 0) is 42.8 Å². The molecule has 100 valence electrons. The predicted octanol–water partition coefficient (Wildman–Crippen LogP) is 4.65. The number of likely N-dealkylation sites (N-methyl/N-ethyl adjacent to an activating group) is 1.